The molecule has 1 aromatic carbocycles. The van der Waals surface area contributed by atoms with Gasteiger partial charge in [-0.3, -0.25) is 9.69 Å². The lowest BCUT2D eigenvalue weighted by molar-refractivity contribution is -0.117. The predicted molar refractivity (Wildman–Crippen MR) is 78.2 cm³/mol. The monoisotopic (exact) mass is 282 g/mol. The Morgan fingerprint density at radius 2 is 2.10 bits per heavy atom. The van der Waals surface area contributed by atoms with Crippen molar-refractivity contribution in [1.29, 1.82) is 0 Å². The minimum absolute atomic E-state index is 0.163. The molecule has 0 radical (unpaired) electrons. The molecule has 112 valence electrons. The molecule has 0 saturated heterocycles. The molecule has 5 heteroatoms. The lowest BCUT2D eigenvalue weighted by Crippen LogP contribution is -2.42. The van der Waals surface area contributed by atoms with Crippen molar-refractivity contribution in [2.75, 3.05) is 25.0 Å². The van der Waals surface area contributed by atoms with Gasteiger partial charge in [0, 0.05) is 12.2 Å². The Kier molecular flexibility index (Phi) is 5.65. The topological polar surface area (TPSA) is 52.6 Å². The first-order chi connectivity index (χ1) is 9.21. The van der Waals surface area contributed by atoms with Crippen molar-refractivity contribution in [2.24, 2.45) is 0 Å². The molecule has 0 aliphatic rings. The fourth-order valence-corrected chi connectivity index (χ4v) is 1.90. The quantitative estimate of drug-likeness (QED) is 0.840. The van der Waals surface area contributed by atoms with Crippen molar-refractivity contribution < 1.29 is 14.3 Å². The minimum Gasteiger partial charge on any atom is -0.389 e. The van der Waals surface area contributed by atoms with E-state index in [-0.39, 0.29) is 18.3 Å². The van der Waals surface area contributed by atoms with E-state index in [1.165, 1.54) is 6.07 Å². The summed E-state index contributed by atoms with van der Waals surface area (Å²) < 4.78 is 13.4. The van der Waals surface area contributed by atoms with Crippen LogP contribution >= 0.6 is 0 Å². The van der Waals surface area contributed by atoms with Crippen molar-refractivity contribution in [2.45, 2.75) is 33.3 Å². The highest BCUT2D eigenvalue weighted by Gasteiger charge is 2.19. The molecule has 0 aliphatic heterocycles. The van der Waals surface area contributed by atoms with Crippen LogP contribution in [0.25, 0.3) is 0 Å². The van der Waals surface area contributed by atoms with Crippen LogP contribution in [-0.4, -0.2) is 41.1 Å². The van der Waals surface area contributed by atoms with Crippen LogP contribution in [0.15, 0.2) is 18.2 Å². The van der Waals surface area contributed by atoms with Crippen molar-refractivity contribution in [3.63, 3.8) is 0 Å². The highest BCUT2D eigenvalue weighted by Crippen LogP contribution is 2.13. The third-order valence-electron chi connectivity index (χ3n) is 2.88. The summed E-state index contributed by atoms with van der Waals surface area (Å²) in [5.41, 5.74) is 0.129. The van der Waals surface area contributed by atoms with Gasteiger partial charge in [0.1, 0.15) is 5.82 Å². The van der Waals surface area contributed by atoms with E-state index in [2.05, 4.69) is 5.32 Å². The average molecular weight is 282 g/mol. The zero-order valence-electron chi connectivity index (χ0n) is 12.5. The molecule has 0 fully saturated rings. The van der Waals surface area contributed by atoms with E-state index < -0.39 is 5.60 Å². The van der Waals surface area contributed by atoms with Gasteiger partial charge in [0.05, 0.1) is 12.1 Å². The summed E-state index contributed by atoms with van der Waals surface area (Å²) in [6.07, 6.45) is 0. The first kappa shape index (κ1) is 16.6. The molecule has 0 aliphatic carbocycles. The summed E-state index contributed by atoms with van der Waals surface area (Å²) in [4.78, 5) is 13.7. The molecule has 4 nitrogen and oxygen atoms in total. The second-order valence-electron chi connectivity index (χ2n) is 5.63. The molecule has 0 spiro atoms. The standard InChI is InChI=1S/C15H23FN2O2/c1-5-18(10-15(3,4)20)9-14(19)17-12-7-6-11(2)13(16)8-12/h6-8,20H,5,9-10H2,1-4H3,(H,17,19). The number of aryl methyl sites for hydroxylation is 1. The van der Waals surface area contributed by atoms with Gasteiger partial charge in [-0.05, 0) is 45.0 Å². The summed E-state index contributed by atoms with van der Waals surface area (Å²) in [6.45, 7) is 8.20. The highest BCUT2D eigenvalue weighted by molar-refractivity contribution is 5.92. The zero-order chi connectivity index (χ0) is 15.3. The number of nitrogens with zero attached hydrogens (tertiary/aromatic N) is 1. The van der Waals surface area contributed by atoms with Gasteiger partial charge in [-0.25, -0.2) is 4.39 Å². The molecule has 0 unspecified atom stereocenters. The Labute approximate surface area is 119 Å². The number of carbonyl (C=O) groups excluding carboxylic acids is 1. The van der Waals surface area contributed by atoms with Crippen LogP contribution < -0.4 is 5.32 Å². The van der Waals surface area contributed by atoms with E-state index in [4.69, 9.17) is 0 Å². The Bertz CT molecular complexity index is 469. The summed E-state index contributed by atoms with van der Waals surface area (Å²) in [5, 5.41) is 12.4. The maximum atomic E-state index is 13.4. The van der Waals surface area contributed by atoms with E-state index in [9.17, 15) is 14.3 Å². The van der Waals surface area contributed by atoms with Crippen molar-refractivity contribution in [1.82, 2.24) is 4.90 Å². The largest absolute Gasteiger partial charge is 0.389 e. The molecule has 20 heavy (non-hydrogen) atoms. The van der Waals surface area contributed by atoms with Crippen LogP contribution in [0.1, 0.15) is 26.3 Å². The van der Waals surface area contributed by atoms with Gasteiger partial charge in [0.15, 0.2) is 0 Å². The Morgan fingerprint density at radius 3 is 2.60 bits per heavy atom. The Balaban J connectivity index is 2.59. The highest BCUT2D eigenvalue weighted by atomic mass is 19.1. The fraction of sp³-hybridized carbons (Fsp3) is 0.533. The Morgan fingerprint density at radius 1 is 1.45 bits per heavy atom. The lowest BCUT2D eigenvalue weighted by atomic mass is 10.1. The zero-order valence-corrected chi connectivity index (χ0v) is 12.5. The summed E-state index contributed by atoms with van der Waals surface area (Å²) in [6, 6.07) is 4.60. The van der Waals surface area contributed by atoms with Crippen LogP contribution in [0.2, 0.25) is 0 Å². The van der Waals surface area contributed by atoms with Crippen molar-refractivity contribution in [3.8, 4) is 0 Å². The third kappa shape index (κ3) is 5.67. The van der Waals surface area contributed by atoms with Crippen LogP contribution in [0.4, 0.5) is 10.1 Å². The van der Waals surface area contributed by atoms with Crippen molar-refractivity contribution in [3.05, 3.63) is 29.6 Å². The number of amides is 1. The van der Waals surface area contributed by atoms with Gasteiger partial charge in [-0.15, -0.1) is 0 Å². The predicted octanol–water partition coefficient (Wildman–Crippen LogP) is 2.17. The molecule has 0 saturated carbocycles. The molecule has 0 bridgehead atoms. The molecule has 1 amide bonds. The third-order valence-corrected chi connectivity index (χ3v) is 2.88. The minimum atomic E-state index is -0.855. The number of benzene rings is 1. The normalized spacial score (nSPS) is 11.8. The molecule has 1 aromatic rings. The molecule has 0 aromatic heterocycles. The van der Waals surface area contributed by atoms with Crippen LogP contribution in [0.5, 0.6) is 0 Å². The summed E-state index contributed by atoms with van der Waals surface area (Å²) in [5.74, 6) is -0.564. The number of halogens is 1. The van der Waals surface area contributed by atoms with Gasteiger partial charge >= 0.3 is 0 Å². The number of rotatable bonds is 6. The molecular formula is C15H23FN2O2. The van der Waals surface area contributed by atoms with Gasteiger partial charge in [-0.2, -0.15) is 0 Å². The van der Waals surface area contributed by atoms with Crippen LogP contribution in [0.3, 0.4) is 0 Å². The number of hydrogen-bond acceptors (Lipinski definition) is 3. The molecule has 1 rings (SSSR count). The first-order valence-corrected chi connectivity index (χ1v) is 6.72. The van der Waals surface area contributed by atoms with Gasteiger partial charge in [-0.1, -0.05) is 13.0 Å². The van der Waals surface area contributed by atoms with Crippen molar-refractivity contribution >= 4 is 11.6 Å². The average Bonchev–Trinajstić information content (AvgIpc) is 2.31. The van der Waals surface area contributed by atoms with Crippen LogP contribution in [-0.2, 0) is 4.79 Å². The second kappa shape index (κ2) is 6.81. The maximum Gasteiger partial charge on any atom is 0.238 e. The molecule has 0 atom stereocenters. The number of carbonyl (C=O) groups is 1. The van der Waals surface area contributed by atoms with E-state index in [0.29, 0.717) is 24.3 Å². The smallest absolute Gasteiger partial charge is 0.238 e. The van der Waals surface area contributed by atoms with Gasteiger partial charge < -0.3 is 10.4 Å². The SMILES string of the molecule is CCN(CC(=O)Nc1ccc(C)c(F)c1)CC(C)(C)O. The number of hydrogen-bond donors (Lipinski definition) is 2. The summed E-state index contributed by atoms with van der Waals surface area (Å²) in [7, 11) is 0. The molecule has 0 heterocycles. The number of anilines is 1. The summed E-state index contributed by atoms with van der Waals surface area (Å²) >= 11 is 0. The lowest BCUT2D eigenvalue weighted by Gasteiger charge is -2.27. The molecule has 2 N–H and O–H groups in total. The Hall–Kier alpha value is -1.46. The van der Waals surface area contributed by atoms with E-state index in [1.54, 1.807) is 32.9 Å². The van der Waals surface area contributed by atoms with Crippen LogP contribution in [0, 0.1) is 12.7 Å². The van der Waals surface area contributed by atoms with E-state index >= 15 is 0 Å². The van der Waals surface area contributed by atoms with E-state index in [0.717, 1.165) is 0 Å². The first-order valence-electron chi connectivity index (χ1n) is 6.72. The number of nitrogens with one attached hydrogen (secondary N) is 1. The maximum absolute atomic E-state index is 13.4. The van der Waals surface area contributed by atoms with Gasteiger partial charge in [0.2, 0.25) is 5.91 Å². The number of likely N-dealkylation sites (N-methyl/N-ethyl adjacent to an activating group) is 1. The fourth-order valence-electron chi connectivity index (χ4n) is 1.90. The second-order valence-corrected chi connectivity index (χ2v) is 5.63. The molecular weight excluding hydrogens is 259 g/mol. The van der Waals surface area contributed by atoms with E-state index in [1.807, 2.05) is 11.8 Å². The number of aliphatic hydroxyl groups is 1. The van der Waals surface area contributed by atoms with Gasteiger partial charge in [0.25, 0.3) is 0 Å².